The number of nitrogens with zero attached hydrogens (tertiary/aromatic N) is 2. The normalized spacial score (nSPS) is 11.0. The minimum absolute atomic E-state index is 0.292. The van der Waals surface area contributed by atoms with Gasteiger partial charge in [-0.25, -0.2) is 9.59 Å². The Hall–Kier alpha value is -3.87. The van der Waals surface area contributed by atoms with E-state index in [-0.39, 0.29) is 11.7 Å². The topological polar surface area (TPSA) is 87.5 Å². The molecule has 0 atom stereocenters. The van der Waals surface area contributed by atoms with Crippen LogP contribution in [0.4, 0.5) is 10.5 Å². The number of hydrogen-bond acceptors (Lipinski definition) is 5. The number of aryl methyl sites for hydroxylation is 1. The molecule has 2 amide bonds. The van der Waals surface area contributed by atoms with Crippen LogP contribution in [0.15, 0.2) is 63.9 Å². The first-order valence-corrected chi connectivity index (χ1v) is 11.7. The monoisotopic (exact) mass is 458 g/mol. The molecule has 0 unspecified atom stereocenters. The summed E-state index contributed by atoms with van der Waals surface area (Å²) >= 11 is 0. The molecule has 0 saturated carbocycles. The maximum absolute atomic E-state index is 12.7. The number of anilines is 1. The molecule has 4 aromatic rings. The second-order valence-electron chi connectivity index (χ2n) is 8.24. The van der Waals surface area contributed by atoms with Crippen LogP contribution in [0.1, 0.15) is 30.5 Å². The van der Waals surface area contributed by atoms with Crippen molar-refractivity contribution in [3.63, 3.8) is 0 Å². The summed E-state index contributed by atoms with van der Waals surface area (Å²) in [4.78, 5) is 31.5. The number of hydrogen-bond donors (Lipinski definition) is 2. The number of rotatable bonds is 8. The third kappa shape index (κ3) is 5.03. The van der Waals surface area contributed by atoms with Crippen molar-refractivity contribution in [1.82, 2.24) is 15.6 Å². The minimum Gasteiger partial charge on any atom is -0.422 e. The number of aromatic nitrogens is 1. The van der Waals surface area contributed by atoms with Crippen LogP contribution in [0.2, 0.25) is 0 Å². The summed E-state index contributed by atoms with van der Waals surface area (Å²) in [7, 11) is 0. The third-order valence-electron chi connectivity index (χ3n) is 6.16. The highest BCUT2D eigenvalue weighted by molar-refractivity contribution is 5.84. The molecule has 4 rings (SSSR count). The van der Waals surface area contributed by atoms with Crippen molar-refractivity contribution in [2.45, 2.75) is 33.7 Å². The summed E-state index contributed by atoms with van der Waals surface area (Å²) < 4.78 is 5.63. The molecule has 0 aliphatic carbocycles. The lowest BCUT2D eigenvalue weighted by molar-refractivity contribution is 0.240. The summed E-state index contributed by atoms with van der Waals surface area (Å²) in [5, 5.41) is 7.61. The van der Waals surface area contributed by atoms with Crippen molar-refractivity contribution >= 4 is 33.6 Å². The number of amides is 2. The molecule has 0 aliphatic rings. The molecule has 0 fully saturated rings. The van der Waals surface area contributed by atoms with E-state index in [1.54, 1.807) is 6.20 Å². The van der Waals surface area contributed by atoms with Gasteiger partial charge in [-0.2, -0.15) is 0 Å². The quantitative estimate of drug-likeness (QED) is 0.379. The van der Waals surface area contributed by atoms with E-state index >= 15 is 0 Å². The number of fused-ring (bicyclic) bond motifs is 2. The van der Waals surface area contributed by atoms with Crippen molar-refractivity contribution in [2.24, 2.45) is 0 Å². The Balaban J connectivity index is 1.37. The number of urea groups is 1. The van der Waals surface area contributed by atoms with Gasteiger partial charge in [-0.1, -0.05) is 18.2 Å². The molecule has 2 aromatic carbocycles. The van der Waals surface area contributed by atoms with Gasteiger partial charge < -0.3 is 20.0 Å². The largest absolute Gasteiger partial charge is 0.422 e. The van der Waals surface area contributed by atoms with E-state index in [0.29, 0.717) is 30.7 Å². The highest BCUT2D eigenvalue weighted by Gasteiger charge is 2.13. The predicted octanol–water partition coefficient (Wildman–Crippen LogP) is 4.54. The van der Waals surface area contributed by atoms with Gasteiger partial charge in [-0.15, -0.1) is 0 Å². The molecule has 0 saturated heterocycles. The SMILES string of the molecule is CCN(CC)c1ccc2c(C)c(CCNC(=O)NCc3cnc4ccccc4c3)c(=O)oc2c1. The minimum atomic E-state index is -0.355. The van der Waals surface area contributed by atoms with Gasteiger partial charge >= 0.3 is 11.7 Å². The molecule has 0 aliphatic heterocycles. The zero-order chi connectivity index (χ0) is 24.1. The molecule has 0 spiro atoms. The van der Waals surface area contributed by atoms with Crippen molar-refractivity contribution < 1.29 is 9.21 Å². The molecular weight excluding hydrogens is 428 g/mol. The van der Waals surface area contributed by atoms with Crippen molar-refractivity contribution in [2.75, 3.05) is 24.5 Å². The van der Waals surface area contributed by atoms with Gasteiger partial charge in [0.05, 0.1) is 5.52 Å². The van der Waals surface area contributed by atoms with Crippen LogP contribution >= 0.6 is 0 Å². The average Bonchev–Trinajstić information content (AvgIpc) is 2.85. The first kappa shape index (κ1) is 23.3. The highest BCUT2D eigenvalue weighted by Crippen LogP contribution is 2.25. The lowest BCUT2D eigenvalue weighted by Gasteiger charge is -2.21. The summed E-state index contributed by atoms with van der Waals surface area (Å²) in [5.74, 6) is 0. The van der Waals surface area contributed by atoms with E-state index in [4.69, 9.17) is 4.42 Å². The van der Waals surface area contributed by atoms with Gasteiger partial charge in [0, 0.05) is 60.5 Å². The second kappa shape index (κ2) is 10.4. The van der Waals surface area contributed by atoms with E-state index < -0.39 is 0 Å². The van der Waals surface area contributed by atoms with E-state index in [2.05, 4.69) is 40.4 Å². The molecule has 0 radical (unpaired) electrons. The molecule has 176 valence electrons. The lowest BCUT2D eigenvalue weighted by atomic mass is 10.0. The molecule has 0 bridgehead atoms. The maximum Gasteiger partial charge on any atom is 0.339 e. The summed E-state index contributed by atoms with van der Waals surface area (Å²) in [6.45, 7) is 8.59. The van der Waals surface area contributed by atoms with Gasteiger partial charge in [-0.05, 0) is 62.6 Å². The summed E-state index contributed by atoms with van der Waals surface area (Å²) in [5.41, 5.74) is 4.58. The molecule has 2 heterocycles. The first-order valence-electron chi connectivity index (χ1n) is 11.7. The number of nitrogens with one attached hydrogen (secondary N) is 2. The van der Waals surface area contributed by atoms with Crippen molar-refractivity contribution in [1.29, 1.82) is 0 Å². The van der Waals surface area contributed by atoms with Gasteiger partial charge in [-0.3, -0.25) is 4.98 Å². The molecule has 34 heavy (non-hydrogen) atoms. The zero-order valence-corrected chi connectivity index (χ0v) is 19.9. The summed E-state index contributed by atoms with van der Waals surface area (Å²) in [6.07, 6.45) is 2.16. The van der Waals surface area contributed by atoms with Crippen LogP contribution in [0.25, 0.3) is 21.9 Å². The van der Waals surface area contributed by atoms with E-state index in [1.165, 1.54) is 0 Å². The van der Waals surface area contributed by atoms with E-state index in [1.807, 2.05) is 49.4 Å². The van der Waals surface area contributed by atoms with Crippen LogP contribution in [0.3, 0.4) is 0 Å². The lowest BCUT2D eigenvalue weighted by Crippen LogP contribution is -2.36. The number of carbonyl (C=O) groups is 1. The predicted molar refractivity (Wildman–Crippen MR) is 136 cm³/mol. The fraction of sp³-hybridized carbons (Fsp3) is 0.296. The smallest absolute Gasteiger partial charge is 0.339 e. The maximum atomic E-state index is 12.7. The molecule has 7 heteroatoms. The Kier molecular flexibility index (Phi) is 7.11. The van der Waals surface area contributed by atoms with E-state index in [9.17, 15) is 9.59 Å². The third-order valence-corrected chi connectivity index (χ3v) is 6.16. The van der Waals surface area contributed by atoms with Crippen LogP contribution < -0.4 is 21.2 Å². The Morgan fingerprint density at radius 2 is 1.85 bits per heavy atom. The number of para-hydroxylation sites is 1. The van der Waals surface area contributed by atoms with E-state index in [0.717, 1.165) is 46.2 Å². The van der Waals surface area contributed by atoms with Gasteiger partial charge in [0.15, 0.2) is 0 Å². The highest BCUT2D eigenvalue weighted by atomic mass is 16.4. The fourth-order valence-corrected chi connectivity index (χ4v) is 4.22. The fourth-order valence-electron chi connectivity index (χ4n) is 4.22. The molecule has 2 N–H and O–H groups in total. The zero-order valence-electron chi connectivity index (χ0n) is 19.9. The van der Waals surface area contributed by atoms with Gasteiger partial charge in [0.2, 0.25) is 0 Å². The standard InChI is InChI=1S/C27H30N4O3/c1-4-31(5-2)21-10-11-22-18(3)23(26(32)34-25(22)15-21)12-13-28-27(33)30-17-19-14-20-8-6-7-9-24(20)29-16-19/h6-11,14-16H,4-5,12-13,17H2,1-3H3,(H2,28,30,33). The Morgan fingerprint density at radius 1 is 1.06 bits per heavy atom. The Morgan fingerprint density at radius 3 is 2.65 bits per heavy atom. The second-order valence-corrected chi connectivity index (χ2v) is 8.24. The Bertz CT molecular complexity index is 1380. The van der Waals surface area contributed by atoms with Crippen LogP contribution in [-0.2, 0) is 13.0 Å². The number of benzene rings is 2. The molecule has 2 aromatic heterocycles. The van der Waals surface area contributed by atoms with Gasteiger partial charge in [0.1, 0.15) is 5.58 Å². The first-order chi connectivity index (χ1) is 16.5. The molecular formula is C27H30N4O3. The Labute approximate surface area is 198 Å². The van der Waals surface area contributed by atoms with Crippen molar-refractivity contribution in [3.8, 4) is 0 Å². The summed E-state index contributed by atoms with van der Waals surface area (Å²) in [6, 6.07) is 15.6. The molecule has 7 nitrogen and oxygen atoms in total. The van der Waals surface area contributed by atoms with Crippen molar-refractivity contribution in [3.05, 3.63) is 81.8 Å². The van der Waals surface area contributed by atoms with Crippen LogP contribution in [0, 0.1) is 6.92 Å². The van der Waals surface area contributed by atoms with Crippen LogP contribution in [-0.4, -0.2) is 30.6 Å². The number of pyridine rings is 1. The average molecular weight is 459 g/mol. The number of carbonyl (C=O) groups excluding carboxylic acids is 1. The van der Waals surface area contributed by atoms with Gasteiger partial charge in [0.25, 0.3) is 0 Å². The van der Waals surface area contributed by atoms with Crippen LogP contribution in [0.5, 0.6) is 0 Å².